The molecule has 0 spiro atoms. The van der Waals surface area contributed by atoms with Crippen molar-refractivity contribution < 1.29 is 9.90 Å². The standard InChI is InChI=1S/C6H12N4O2/c7-5(12)4(11)3-10-6-8-1-2-9-6/h4,11H,1-3H2,(H2,7,12)(H2,8,9,10). The largest absolute Gasteiger partial charge is 0.381 e. The molecule has 0 aromatic heterocycles. The fraction of sp³-hybridized carbons (Fsp3) is 0.667. The number of guanidine groups is 1. The molecule has 1 amide bonds. The molecule has 1 aliphatic heterocycles. The Morgan fingerprint density at radius 1 is 1.92 bits per heavy atom. The lowest BCUT2D eigenvalue weighted by molar-refractivity contribution is -0.125. The molecule has 0 bridgehead atoms. The Kier molecular flexibility index (Phi) is 2.87. The number of amides is 1. The maximum Gasteiger partial charge on any atom is 0.248 e. The monoisotopic (exact) mass is 172 g/mol. The summed E-state index contributed by atoms with van der Waals surface area (Å²) in [5.74, 6) is -0.128. The number of nitrogens with zero attached hydrogens (tertiary/aromatic N) is 1. The first-order valence-corrected chi connectivity index (χ1v) is 3.69. The highest BCUT2D eigenvalue weighted by Gasteiger charge is 2.12. The highest BCUT2D eigenvalue weighted by Crippen LogP contribution is 1.82. The van der Waals surface area contributed by atoms with Crippen molar-refractivity contribution in [2.45, 2.75) is 6.10 Å². The molecular weight excluding hydrogens is 160 g/mol. The summed E-state index contributed by atoms with van der Waals surface area (Å²) in [6.45, 7) is 1.60. The van der Waals surface area contributed by atoms with E-state index in [0.29, 0.717) is 5.96 Å². The van der Waals surface area contributed by atoms with Crippen molar-refractivity contribution in [1.29, 1.82) is 0 Å². The molecule has 1 rings (SSSR count). The van der Waals surface area contributed by atoms with Gasteiger partial charge in [0.15, 0.2) is 5.96 Å². The van der Waals surface area contributed by atoms with Crippen LogP contribution in [0.4, 0.5) is 0 Å². The summed E-state index contributed by atoms with van der Waals surface area (Å²) in [5, 5.41) is 14.6. The molecular formula is C6H12N4O2. The normalized spacial score (nSPS) is 17.9. The maximum atomic E-state index is 10.4. The summed E-state index contributed by atoms with van der Waals surface area (Å²) in [4.78, 5) is 14.4. The van der Waals surface area contributed by atoms with Gasteiger partial charge in [-0.25, -0.2) is 0 Å². The number of aliphatic hydroxyl groups excluding tert-OH is 1. The summed E-state index contributed by atoms with van der Waals surface area (Å²) in [6.07, 6.45) is -1.16. The van der Waals surface area contributed by atoms with Crippen molar-refractivity contribution in [2.75, 3.05) is 19.6 Å². The van der Waals surface area contributed by atoms with E-state index in [1.54, 1.807) is 0 Å². The van der Waals surface area contributed by atoms with Crippen molar-refractivity contribution in [3.05, 3.63) is 0 Å². The Bertz CT molecular complexity index is 204. The van der Waals surface area contributed by atoms with Crippen molar-refractivity contribution in [3.8, 4) is 0 Å². The molecule has 0 aliphatic carbocycles. The molecule has 0 aromatic rings. The lowest BCUT2D eigenvalue weighted by Crippen LogP contribution is -2.43. The van der Waals surface area contributed by atoms with Crippen LogP contribution in [0.5, 0.6) is 0 Å². The maximum absolute atomic E-state index is 10.4. The zero-order chi connectivity index (χ0) is 8.97. The lowest BCUT2D eigenvalue weighted by Gasteiger charge is -2.08. The van der Waals surface area contributed by atoms with Crippen LogP contribution < -0.4 is 16.4 Å². The van der Waals surface area contributed by atoms with E-state index in [0.717, 1.165) is 13.1 Å². The van der Waals surface area contributed by atoms with Gasteiger partial charge in [0, 0.05) is 6.54 Å². The first-order chi connectivity index (χ1) is 5.70. The fourth-order valence-electron chi connectivity index (χ4n) is 0.810. The van der Waals surface area contributed by atoms with Crippen LogP contribution in [0.3, 0.4) is 0 Å². The molecule has 0 aromatic carbocycles. The Morgan fingerprint density at radius 3 is 3.17 bits per heavy atom. The second-order valence-electron chi connectivity index (χ2n) is 2.46. The minimum atomic E-state index is -1.16. The summed E-state index contributed by atoms with van der Waals surface area (Å²) in [7, 11) is 0. The van der Waals surface area contributed by atoms with Gasteiger partial charge in [-0.3, -0.25) is 9.79 Å². The molecule has 0 radical (unpaired) electrons. The van der Waals surface area contributed by atoms with Crippen LogP contribution in [0.2, 0.25) is 0 Å². The molecule has 6 nitrogen and oxygen atoms in total. The average Bonchev–Trinajstić information content (AvgIpc) is 2.51. The van der Waals surface area contributed by atoms with Crippen molar-refractivity contribution in [1.82, 2.24) is 10.6 Å². The molecule has 5 N–H and O–H groups in total. The number of aliphatic hydroxyl groups is 1. The van der Waals surface area contributed by atoms with Gasteiger partial charge >= 0.3 is 0 Å². The minimum absolute atomic E-state index is 0.0984. The summed E-state index contributed by atoms with van der Waals surface area (Å²) in [5.41, 5.74) is 4.83. The van der Waals surface area contributed by atoms with Gasteiger partial charge in [-0.2, -0.15) is 0 Å². The Hall–Kier alpha value is -1.30. The molecule has 1 heterocycles. The number of primary amides is 1. The second kappa shape index (κ2) is 3.91. The number of carbonyl (C=O) groups excluding carboxylic acids is 1. The van der Waals surface area contributed by atoms with Crippen molar-refractivity contribution >= 4 is 11.9 Å². The molecule has 0 saturated carbocycles. The Morgan fingerprint density at radius 2 is 2.67 bits per heavy atom. The third kappa shape index (κ3) is 2.39. The molecule has 0 fully saturated rings. The zero-order valence-corrected chi connectivity index (χ0v) is 6.58. The van der Waals surface area contributed by atoms with Crippen LogP contribution in [0, 0.1) is 0 Å². The highest BCUT2D eigenvalue weighted by molar-refractivity contribution is 5.83. The lowest BCUT2D eigenvalue weighted by atomic mass is 10.3. The van der Waals surface area contributed by atoms with Crippen LogP contribution >= 0.6 is 0 Å². The van der Waals surface area contributed by atoms with Gasteiger partial charge in [0.1, 0.15) is 6.10 Å². The van der Waals surface area contributed by atoms with Crippen molar-refractivity contribution in [2.24, 2.45) is 10.7 Å². The Labute approximate surface area is 69.8 Å². The topological polar surface area (TPSA) is 99.7 Å². The van der Waals surface area contributed by atoms with E-state index in [2.05, 4.69) is 15.6 Å². The molecule has 1 unspecified atom stereocenters. The molecule has 1 atom stereocenters. The SMILES string of the molecule is NC(=O)C(O)CNC1=NCCN1. The van der Waals surface area contributed by atoms with E-state index in [4.69, 9.17) is 10.8 Å². The van der Waals surface area contributed by atoms with Crippen LogP contribution in [0.25, 0.3) is 0 Å². The number of hydrogen-bond donors (Lipinski definition) is 4. The van der Waals surface area contributed by atoms with E-state index >= 15 is 0 Å². The Balaban J connectivity index is 2.20. The van der Waals surface area contributed by atoms with Crippen LogP contribution in [0.1, 0.15) is 0 Å². The van der Waals surface area contributed by atoms with Crippen LogP contribution in [-0.2, 0) is 4.79 Å². The van der Waals surface area contributed by atoms with Gasteiger partial charge in [-0.1, -0.05) is 0 Å². The molecule has 12 heavy (non-hydrogen) atoms. The fourth-order valence-corrected chi connectivity index (χ4v) is 0.810. The predicted octanol–water partition coefficient (Wildman–Crippen LogP) is -2.62. The van der Waals surface area contributed by atoms with Gasteiger partial charge in [-0.15, -0.1) is 0 Å². The molecule has 1 aliphatic rings. The number of nitrogens with one attached hydrogen (secondary N) is 2. The summed E-state index contributed by atoms with van der Waals surface area (Å²) >= 11 is 0. The van der Waals surface area contributed by atoms with Gasteiger partial charge in [0.2, 0.25) is 5.91 Å². The number of aliphatic imine (C=N–C) groups is 1. The summed E-state index contributed by atoms with van der Waals surface area (Å²) in [6, 6.07) is 0. The van der Waals surface area contributed by atoms with E-state index in [9.17, 15) is 4.79 Å². The van der Waals surface area contributed by atoms with Crippen molar-refractivity contribution in [3.63, 3.8) is 0 Å². The highest BCUT2D eigenvalue weighted by atomic mass is 16.3. The number of rotatable bonds is 3. The first kappa shape index (κ1) is 8.79. The smallest absolute Gasteiger partial charge is 0.248 e. The molecule has 68 valence electrons. The van der Waals surface area contributed by atoms with E-state index < -0.39 is 12.0 Å². The van der Waals surface area contributed by atoms with Crippen LogP contribution in [0.15, 0.2) is 4.99 Å². The number of hydrogen-bond acceptors (Lipinski definition) is 5. The zero-order valence-electron chi connectivity index (χ0n) is 6.58. The number of carbonyl (C=O) groups is 1. The van der Waals surface area contributed by atoms with Gasteiger partial charge in [0.05, 0.1) is 13.1 Å². The third-order valence-corrected chi connectivity index (χ3v) is 1.47. The van der Waals surface area contributed by atoms with Crippen LogP contribution in [-0.4, -0.2) is 42.7 Å². The van der Waals surface area contributed by atoms with Gasteiger partial charge in [0.25, 0.3) is 0 Å². The van der Waals surface area contributed by atoms with E-state index in [1.165, 1.54) is 0 Å². The van der Waals surface area contributed by atoms with Gasteiger partial charge in [-0.05, 0) is 0 Å². The van der Waals surface area contributed by atoms with Gasteiger partial charge < -0.3 is 21.5 Å². The first-order valence-electron chi connectivity index (χ1n) is 3.69. The van der Waals surface area contributed by atoms with E-state index in [-0.39, 0.29) is 6.54 Å². The predicted molar refractivity (Wildman–Crippen MR) is 43.5 cm³/mol. The van der Waals surface area contributed by atoms with E-state index in [1.807, 2.05) is 0 Å². The molecule has 0 saturated heterocycles. The average molecular weight is 172 g/mol. The number of nitrogens with two attached hydrogens (primary N) is 1. The molecule has 6 heteroatoms. The summed E-state index contributed by atoms with van der Waals surface area (Å²) < 4.78 is 0. The third-order valence-electron chi connectivity index (χ3n) is 1.47. The quantitative estimate of drug-likeness (QED) is 0.374. The second-order valence-corrected chi connectivity index (χ2v) is 2.46. The minimum Gasteiger partial charge on any atom is -0.381 e.